The number of fused-ring (bicyclic) bond motifs is 7. The molecule has 0 saturated carbocycles. The summed E-state index contributed by atoms with van der Waals surface area (Å²) in [5, 5.41) is 4.35. The smallest absolute Gasteiger partial charge is 0.260 e. The lowest BCUT2D eigenvalue weighted by Crippen LogP contribution is -2.34. The maximum atomic E-state index is 16.0. The fourth-order valence-corrected chi connectivity index (χ4v) is 20.0. The van der Waals surface area contributed by atoms with Crippen molar-refractivity contribution in [1.29, 1.82) is 0 Å². The van der Waals surface area contributed by atoms with E-state index in [1.807, 2.05) is 34.0 Å². The zero-order valence-electron chi connectivity index (χ0n) is 55.7. The van der Waals surface area contributed by atoms with Crippen LogP contribution in [0, 0.1) is 11.8 Å². The number of unbranched alkanes of at least 4 members (excludes halogenated alkanes) is 24. The van der Waals surface area contributed by atoms with Gasteiger partial charge in [-0.05, 0) is 84.7 Å². The highest BCUT2D eigenvalue weighted by Crippen LogP contribution is 2.47. The predicted molar refractivity (Wildman–Crippen MR) is 390 cm³/mol. The van der Waals surface area contributed by atoms with Crippen molar-refractivity contribution in [3.63, 3.8) is 0 Å². The highest BCUT2D eigenvalue weighted by atomic mass is 32.1. The summed E-state index contributed by atoms with van der Waals surface area (Å²) in [4.78, 5) is 44.0. The molecule has 2 atom stereocenters. The molecule has 0 bridgehead atoms. The molecule has 0 fully saturated rings. The van der Waals surface area contributed by atoms with Crippen LogP contribution in [0.2, 0.25) is 0 Å². The lowest BCUT2D eigenvalue weighted by molar-refractivity contribution is -0.114. The van der Waals surface area contributed by atoms with E-state index >= 15 is 9.59 Å². The van der Waals surface area contributed by atoms with Crippen molar-refractivity contribution in [2.75, 3.05) is 22.9 Å². The van der Waals surface area contributed by atoms with Gasteiger partial charge in [-0.1, -0.05) is 273 Å². The second-order valence-corrected chi connectivity index (χ2v) is 34.0. The first-order valence-electron chi connectivity index (χ1n) is 35.3. The van der Waals surface area contributed by atoms with Crippen LogP contribution in [0.1, 0.15) is 294 Å². The van der Waals surface area contributed by atoms with Crippen molar-refractivity contribution in [3.05, 3.63) is 90.6 Å². The summed E-state index contributed by atoms with van der Waals surface area (Å²) >= 11 is 9.27. The first-order chi connectivity index (χ1) is 42.1. The molecule has 2 aliphatic rings. The van der Waals surface area contributed by atoms with Gasteiger partial charge in [-0.3, -0.25) is 9.59 Å². The first-order valence-corrected chi connectivity index (χ1v) is 39.4. The van der Waals surface area contributed by atoms with Crippen molar-refractivity contribution < 1.29 is 9.59 Å². The molecule has 5 aromatic heterocycles. The maximum absolute atomic E-state index is 16.0. The number of hydrogen-bond acceptors (Lipinski definition) is 7. The largest absolute Gasteiger partial charge is 0.307 e. The molecule has 0 N–H and O–H groups in total. The van der Waals surface area contributed by atoms with Gasteiger partial charge in [0.1, 0.15) is 0 Å². The van der Waals surface area contributed by atoms with Gasteiger partial charge >= 0.3 is 0 Å². The zero-order chi connectivity index (χ0) is 61.5. The molecule has 0 spiro atoms. The summed E-state index contributed by atoms with van der Waals surface area (Å²) < 4.78 is 5.07. The third-order valence-electron chi connectivity index (χ3n) is 19.1. The molecule has 2 unspecified atom stereocenters. The lowest BCUT2D eigenvalue weighted by Gasteiger charge is -2.28. The van der Waals surface area contributed by atoms with E-state index in [1.165, 1.54) is 218 Å². The summed E-state index contributed by atoms with van der Waals surface area (Å²) in [5.41, 5.74) is 4.05. The van der Waals surface area contributed by atoms with Gasteiger partial charge in [0.05, 0.1) is 22.5 Å². The number of thiophene rings is 5. The van der Waals surface area contributed by atoms with Crippen molar-refractivity contribution in [2.24, 2.45) is 11.8 Å². The minimum Gasteiger partial charge on any atom is -0.307 e. The van der Waals surface area contributed by atoms with Crippen LogP contribution >= 0.6 is 56.7 Å². The number of benzene rings is 2. The van der Waals surface area contributed by atoms with E-state index < -0.39 is 0 Å². The van der Waals surface area contributed by atoms with Crippen molar-refractivity contribution in [1.82, 2.24) is 0 Å². The van der Waals surface area contributed by atoms with Crippen LogP contribution < -0.4 is 20.2 Å². The van der Waals surface area contributed by atoms with E-state index in [4.69, 9.17) is 0 Å². The lowest BCUT2D eigenvalue weighted by atomic mass is 9.92. The molecular weight excluding hydrogens is 1160 g/mol. The normalized spacial score (nSPS) is 14.6. The van der Waals surface area contributed by atoms with Crippen molar-refractivity contribution in [3.8, 4) is 9.75 Å². The molecule has 7 aromatic rings. The molecule has 0 saturated heterocycles. The molecule has 4 nitrogen and oxygen atoms in total. The fourth-order valence-electron chi connectivity index (χ4n) is 13.9. The summed E-state index contributed by atoms with van der Waals surface area (Å²) in [6.07, 6.45) is 41.0. The molecule has 87 heavy (non-hydrogen) atoms. The summed E-state index contributed by atoms with van der Waals surface area (Å²) in [7, 11) is 0. The average molecular weight is 1270 g/mol. The summed E-state index contributed by atoms with van der Waals surface area (Å²) in [6, 6.07) is 23.3. The zero-order valence-corrected chi connectivity index (χ0v) is 59.8. The van der Waals surface area contributed by atoms with E-state index in [2.05, 4.69) is 140 Å². The first kappa shape index (κ1) is 67.8. The molecule has 7 heterocycles. The Hall–Kier alpha value is -3.60. The van der Waals surface area contributed by atoms with Crippen LogP contribution in [-0.4, -0.2) is 24.9 Å². The second kappa shape index (κ2) is 32.6. The third-order valence-corrected chi connectivity index (χ3v) is 25.9. The van der Waals surface area contributed by atoms with E-state index in [1.54, 1.807) is 22.7 Å². The maximum Gasteiger partial charge on any atom is 0.260 e. The number of anilines is 2. The van der Waals surface area contributed by atoms with Crippen LogP contribution in [0.5, 0.6) is 0 Å². The Balaban J connectivity index is 1.14. The Kier molecular flexibility index (Phi) is 25.4. The quantitative estimate of drug-likeness (QED) is 0.0360. The number of hydrogen-bond donors (Lipinski definition) is 0. The number of carbonyl (C=O) groups excluding carboxylic acids is 2. The number of amides is 2. The van der Waals surface area contributed by atoms with Crippen LogP contribution in [0.4, 0.5) is 11.4 Å². The Bertz CT molecular complexity index is 3390. The summed E-state index contributed by atoms with van der Waals surface area (Å²) in [6.45, 7) is 24.5. The standard InChI is InChI=1S/C78H110N2O2S5/c1-11-15-19-23-27-29-33-37-41-55(39-35-31-25-21-17-13-3)53-79-73-57-44-46-60-72(68-51-65-66(85-68)52-70(87-65)78(8,9)10)76(82)80(54-56(40-36-32-26-22-18-14-4)42-38-34-30-28-24-20-16-12-2)74(60)58(57)43-45-59(73)71(75(79)81)67-50-64-63(84-67)49-62(83-64)61-47-48-69(86-61)77(5,6)7/h43-52,55-56H,11-42,53-54H2,1-10H3. The van der Waals surface area contributed by atoms with Gasteiger partial charge in [0.25, 0.3) is 11.8 Å². The Labute approximate surface area is 546 Å². The number of carbonyl (C=O) groups is 2. The number of nitrogens with zero attached hydrogens (tertiary/aromatic N) is 2. The Morgan fingerprint density at radius 2 is 0.678 bits per heavy atom. The van der Waals surface area contributed by atoms with E-state index in [9.17, 15) is 0 Å². The van der Waals surface area contributed by atoms with Gasteiger partial charge in [-0.15, -0.1) is 56.7 Å². The SMILES string of the molecule is CCCCCCCCCCC(CCCCCCCC)CN1C(=O)C(c2cc3sc(-c4ccc(C(C)(C)C)s4)cc3s2)=c2ccc3c4c(ccc3c21)=C(c1cc2sc(C(C)(C)C)cc2s1)C(=O)N4CC(CCCCCCCC)CCCCCCCCCC. The van der Waals surface area contributed by atoms with Crippen LogP contribution in [0.3, 0.4) is 0 Å². The van der Waals surface area contributed by atoms with Crippen molar-refractivity contribution >= 4 is 121 Å². The molecule has 474 valence electrons. The van der Waals surface area contributed by atoms with Gasteiger partial charge in [0.15, 0.2) is 0 Å². The minimum absolute atomic E-state index is 0.0704. The number of rotatable bonds is 39. The highest BCUT2D eigenvalue weighted by Gasteiger charge is 2.38. The van der Waals surface area contributed by atoms with Gasteiger partial charge in [0.2, 0.25) is 0 Å². The fraction of sp³-hybridized carbons (Fsp3) is 0.615. The van der Waals surface area contributed by atoms with Gasteiger partial charge < -0.3 is 9.80 Å². The van der Waals surface area contributed by atoms with Crippen LogP contribution in [0.25, 0.3) is 50.5 Å². The molecule has 9 heteroatoms. The van der Waals surface area contributed by atoms with Gasteiger partial charge in [-0.2, -0.15) is 0 Å². The molecular formula is C78H110N2O2S5. The van der Waals surface area contributed by atoms with Crippen molar-refractivity contribution in [2.45, 2.75) is 286 Å². The summed E-state index contributed by atoms with van der Waals surface area (Å²) in [5.74, 6) is 1.15. The third kappa shape index (κ3) is 17.3. The molecule has 9 rings (SSSR count). The molecule has 0 radical (unpaired) electrons. The molecule has 0 aliphatic carbocycles. The molecule has 2 aliphatic heterocycles. The highest BCUT2D eigenvalue weighted by molar-refractivity contribution is 7.31. The van der Waals surface area contributed by atoms with Gasteiger partial charge in [-0.25, -0.2) is 0 Å². The Morgan fingerprint density at radius 1 is 0.345 bits per heavy atom. The van der Waals surface area contributed by atoms with E-state index in [0.29, 0.717) is 11.8 Å². The minimum atomic E-state index is 0.0704. The van der Waals surface area contributed by atoms with Crippen LogP contribution in [-0.2, 0) is 20.4 Å². The topological polar surface area (TPSA) is 40.6 Å². The molecule has 2 aromatic carbocycles. The molecule has 2 amide bonds. The van der Waals surface area contributed by atoms with Gasteiger partial charge in [0, 0.05) is 82.4 Å². The monoisotopic (exact) mass is 1270 g/mol. The average Bonchev–Trinajstić information content (AvgIpc) is 1.70. The second-order valence-electron chi connectivity index (χ2n) is 28.5. The van der Waals surface area contributed by atoms with E-state index in [-0.39, 0.29) is 22.6 Å². The van der Waals surface area contributed by atoms with Crippen LogP contribution in [0.15, 0.2) is 60.7 Å². The Morgan fingerprint density at radius 3 is 1.03 bits per heavy atom. The van der Waals surface area contributed by atoms with E-state index in [0.717, 1.165) is 92.3 Å². The predicted octanol–water partition coefficient (Wildman–Crippen LogP) is 24.6.